The molecule has 10 aromatic carbocycles. The zero-order valence-corrected chi connectivity index (χ0v) is 34.3. The van der Waals surface area contributed by atoms with Crippen molar-refractivity contribution in [2.75, 3.05) is 0 Å². The molecular formula is C60H40N2. The second kappa shape index (κ2) is 14.4. The van der Waals surface area contributed by atoms with Gasteiger partial charge in [0.15, 0.2) is 5.82 Å². The molecular weight excluding hydrogens is 749 g/mol. The number of hydrogen-bond donors (Lipinski definition) is 0. The Morgan fingerprint density at radius 1 is 0.323 bits per heavy atom. The summed E-state index contributed by atoms with van der Waals surface area (Å²) in [5.74, 6) is 0.704. The van der Waals surface area contributed by atoms with Crippen molar-refractivity contribution in [2.24, 2.45) is 0 Å². The lowest BCUT2D eigenvalue weighted by atomic mass is 9.74. The average molecular weight is 789 g/mol. The van der Waals surface area contributed by atoms with Gasteiger partial charge in [0, 0.05) is 22.1 Å². The normalized spacial score (nSPS) is 14.3. The fourth-order valence-corrected chi connectivity index (χ4v) is 10.1. The molecule has 62 heavy (non-hydrogen) atoms. The SMILES string of the molecule is CC1(c2ccccc2)c2ccccc2-c2c(-c3cc(-c4cccc(-c5cccc(-c6c7ccccc7cc7c6ccc6ccccc67)c5)c4)nc(-c4ccccc4)n3)cccc21. The molecule has 0 saturated carbocycles. The Kier molecular flexibility index (Phi) is 8.33. The third kappa shape index (κ3) is 5.72. The Balaban J connectivity index is 1.01. The highest BCUT2D eigenvalue weighted by molar-refractivity contribution is 6.20. The molecule has 11 aromatic rings. The molecule has 0 saturated heterocycles. The molecule has 0 N–H and O–H groups in total. The maximum Gasteiger partial charge on any atom is 0.160 e. The second-order valence-electron chi connectivity index (χ2n) is 16.6. The molecule has 1 atom stereocenters. The summed E-state index contributed by atoms with van der Waals surface area (Å²) in [6.45, 7) is 2.36. The van der Waals surface area contributed by atoms with Crippen LogP contribution in [-0.4, -0.2) is 9.97 Å². The van der Waals surface area contributed by atoms with Crippen molar-refractivity contribution in [3.63, 3.8) is 0 Å². The zero-order chi connectivity index (χ0) is 41.2. The molecule has 12 rings (SSSR count). The average Bonchev–Trinajstić information content (AvgIpc) is 3.62. The summed E-state index contributed by atoms with van der Waals surface area (Å²) in [6.07, 6.45) is 0. The van der Waals surface area contributed by atoms with Crippen LogP contribution >= 0.6 is 0 Å². The van der Waals surface area contributed by atoms with Crippen LogP contribution in [0, 0.1) is 0 Å². The molecule has 1 aliphatic carbocycles. The minimum absolute atomic E-state index is 0.309. The third-order valence-corrected chi connectivity index (χ3v) is 13.1. The maximum atomic E-state index is 5.35. The smallest absolute Gasteiger partial charge is 0.160 e. The Morgan fingerprint density at radius 3 is 1.73 bits per heavy atom. The lowest BCUT2D eigenvalue weighted by Crippen LogP contribution is -2.22. The quantitative estimate of drug-likeness (QED) is 0.124. The zero-order valence-electron chi connectivity index (χ0n) is 34.3. The number of fused-ring (bicyclic) bond motifs is 7. The van der Waals surface area contributed by atoms with Gasteiger partial charge in [-0.25, -0.2) is 9.97 Å². The van der Waals surface area contributed by atoms with Crippen LogP contribution in [-0.2, 0) is 5.41 Å². The molecule has 0 amide bonds. The summed E-state index contributed by atoms with van der Waals surface area (Å²) in [6, 6.07) is 81.3. The molecule has 1 aromatic heterocycles. The first-order chi connectivity index (χ1) is 30.6. The van der Waals surface area contributed by atoms with Gasteiger partial charge in [0.2, 0.25) is 0 Å². The van der Waals surface area contributed by atoms with Gasteiger partial charge in [-0.3, -0.25) is 0 Å². The Bertz CT molecular complexity index is 3530. The Hall–Kier alpha value is -7.94. The van der Waals surface area contributed by atoms with E-state index in [-0.39, 0.29) is 5.41 Å². The summed E-state index contributed by atoms with van der Waals surface area (Å²) in [5.41, 5.74) is 15.7. The van der Waals surface area contributed by atoms with Crippen molar-refractivity contribution < 1.29 is 0 Å². The first-order valence-electron chi connectivity index (χ1n) is 21.4. The van der Waals surface area contributed by atoms with Crippen LogP contribution in [0.15, 0.2) is 224 Å². The number of nitrogens with zero attached hydrogens (tertiary/aromatic N) is 2. The van der Waals surface area contributed by atoms with Gasteiger partial charge < -0.3 is 0 Å². The van der Waals surface area contributed by atoms with Gasteiger partial charge in [-0.05, 0) is 114 Å². The van der Waals surface area contributed by atoms with E-state index in [0.29, 0.717) is 5.82 Å². The highest BCUT2D eigenvalue weighted by atomic mass is 14.9. The molecule has 1 unspecified atom stereocenters. The number of aromatic nitrogens is 2. The standard InChI is InChI=1S/C60H40N2/c1-60(46-25-6-3-7-26-46)53-31-13-12-29-50(53)58-51(30-16-32-54(58)60)56-38-55(61-59(62-56)40-18-4-2-5-19-40)44-23-14-21-41(35-44)42-22-15-24-45(36-42)57-48-28-11-9-20-43(48)37-52-47-27-10-8-17-39(47)33-34-49(52)57/h2-38H,1H3. The minimum atomic E-state index is -0.309. The van der Waals surface area contributed by atoms with E-state index in [2.05, 4.69) is 225 Å². The van der Waals surface area contributed by atoms with E-state index in [0.717, 1.165) is 39.2 Å². The van der Waals surface area contributed by atoms with Crippen LogP contribution in [0.4, 0.5) is 0 Å². The van der Waals surface area contributed by atoms with Crippen molar-refractivity contribution in [1.82, 2.24) is 9.97 Å². The third-order valence-electron chi connectivity index (χ3n) is 13.1. The van der Waals surface area contributed by atoms with Gasteiger partial charge >= 0.3 is 0 Å². The van der Waals surface area contributed by atoms with Crippen LogP contribution in [0.2, 0.25) is 0 Å². The van der Waals surface area contributed by atoms with E-state index in [4.69, 9.17) is 9.97 Å². The topological polar surface area (TPSA) is 25.8 Å². The van der Waals surface area contributed by atoms with Crippen molar-refractivity contribution in [3.8, 4) is 67.3 Å². The largest absolute Gasteiger partial charge is 0.228 e. The predicted octanol–water partition coefficient (Wildman–Crippen LogP) is 15.6. The van der Waals surface area contributed by atoms with E-state index >= 15 is 0 Å². The van der Waals surface area contributed by atoms with Gasteiger partial charge in [-0.15, -0.1) is 0 Å². The highest BCUT2D eigenvalue weighted by Gasteiger charge is 2.41. The molecule has 0 bridgehead atoms. The van der Waals surface area contributed by atoms with Crippen LogP contribution in [0.25, 0.3) is 99.6 Å². The summed E-state index contributed by atoms with van der Waals surface area (Å²) in [5, 5.41) is 7.55. The van der Waals surface area contributed by atoms with Crippen LogP contribution in [0.3, 0.4) is 0 Å². The van der Waals surface area contributed by atoms with E-state index in [1.165, 1.54) is 71.3 Å². The van der Waals surface area contributed by atoms with Gasteiger partial charge in [-0.2, -0.15) is 0 Å². The molecule has 0 spiro atoms. The predicted molar refractivity (Wildman–Crippen MR) is 259 cm³/mol. The fourth-order valence-electron chi connectivity index (χ4n) is 10.1. The summed E-state index contributed by atoms with van der Waals surface area (Å²) in [4.78, 5) is 10.6. The van der Waals surface area contributed by atoms with E-state index < -0.39 is 0 Å². The molecule has 2 nitrogen and oxygen atoms in total. The van der Waals surface area contributed by atoms with Crippen molar-refractivity contribution in [1.29, 1.82) is 0 Å². The first-order valence-corrected chi connectivity index (χ1v) is 21.4. The fraction of sp³-hybridized carbons (Fsp3) is 0.0333. The summed E-state index contributed by atoms with van der Waals surface area (Å²) >= 11 is 0. The molecule has 290 valence electrons. The molecule has 0 fully saturated rings. The molecule has 0 radical (unpaired) electrons. The van der Waals surface area contributed by atoms with Crippen molar-refractivity contribution in [2.45, 2.75) is 12.3 Å². The first kappa shape index (κ1) is 36.0. The van der Waals surface area contributed by atoms with Gasteiger partial charge in [0.05, 0.1) is 11.4 Å². The molecule has 1 heterocycles. The van der Waals surface area contributed by atoms with Crippen LogP contribution in [0.5, 0.6) is 0 Å². The van der Waals surface area contributed by atoms with Crippen LogP contribution in [0.1, 0.15) is 23.6 Å². The Labute approximate surface area is 361 Å². The Morgan fingerprint density at radius 2 is 0.903 bits per heavy atom. The maximum absolute atomic E-state index is 5.35. The van der Waals surface area contributed by atoms with Gasteiger partial charge in [0.1, 0.15) is 0 Å². The van der Waals surface area contributed by atoms with E-state index in [1.807, 2.05) is 6.07 Å². The van der Waals surface area contributed by atoms with Crippen LogP contribution < -0.4 is 0 Å². The van der Waals surface area contributed by atoms with Gasteiger partial charge in [-0.1, -0.05) is 200 Å². The lowest BCUT2D eigenvalue weighted by molar-refractivity contribution is 0.714. The van der Waals surface area contributed by atoms with Gasteiger partial charge in [0.25, 0.3) is 0 Å². The van der Waals surface area contributed by atoms with E-state index in [9.17, 15) is 0 Å². The lowest BCUT2D eigenvalue weighted by Gasteiger charge is -2.28. The highest BCUT2D eigenvalue weighted by Crippen LogP contribution is 2.55. The summed E-state index contributed by atoms with van der Waals surface area (Å²) in [7, 11) is 0. The molecule has 1 aliphatic rings. The monoisotopic (exact) mass is 788 g/mol. The number of rotatable bonds is 6. The summed E-state index contributed by atoms with van der Waals surface area (Å²) < 4.78 is 0. The second-order valence-corrected chi connectivity index (χ2v) is 16.6. The number of hydrogen-bond acceptors (Lipinski definition) is 2. The molecule has 2 heteroatoms. The minimum Gasteiger partial charge on any atom is -0.228 e. The van der Waals surface area contributed by atoms with Crippen molar-refractivity contribution >= 4 is 32.3 Å². The van der Waals surface area contributed by atoms with E-state index in [1.54, 1.807) is 0 Å². The molecule has 0 aliphatic heterocycles. The number of benzene rings is 10. The van der Waals surface area contributed by atoms with Crippen molar-refractivity contribution in [3.05, 3.63) is 241 Å².